The van der Waals surface area contributed by atoms with Gasteiger partial charge in [-0.3, -0.25) is 4.79 Å². The molecular formula is C15H24BrN3O. The molecule has 4 nitrogen and oxygen atoms in total. The van der Waals surface area contributed by atoms with Gasteiger partial charge in [-0.05, 0) is 24.2 Å². The van der Waals surface area contributed by atoms with E-state index >= 15 is 0 Å². The Morgan fingerprint density at radius 2 is 2.15 bits per heavy atom. The van der Waals surface area contributed by atoms with E-state index in [4.69, 9.17) is 0 Å². The number of carbonyl (C=O) groups excluding carboxylic acids is 1. The van der Waals surface area contributed by atoms with Crippen molar-refractivity contribution < 1.29 is 4.79 Å². The number of halogens is 1. The Morgan fingerprint density at radius 1 is 1.45 bits per heavy atom. The van der Waals surface area contributed by atoms with Crippen molar-refractivity contribution in [2.45, 2.75) is 20.4 Å². The minimum absolute atomic E-state index is 0.0454. The van der Waals surface area contributed by atoms with Gasteiger partial charge in [0.25, 0.3) is 0 Å². The molecule has 0 heterocycles. The average molecular weight is 342 g/mol. The van der Waals surface area contributed by atoms with Crippen LogP contribution in [0.5, 0.6) is 0 Å². The second-order valence-electron chi connectivity index (χ2n) is 4.95. The molecule has 1 unspecified atom stereocenters. The molecule has 0 radical (unpaired) electrons. The average Bonchev–Trinajstić information content (AvgIpc) is 2.44. The molecule has 1 amide bonds. The fourth-order valence-electron chi connectivity index (χ4n) is 2.14. The third-order valence-corrected chi connectivity index (χ3v) is 3.76. The Kier molecular flexibility index (Phi) is 7.02. The highest BCUT2D eigenvalue weighted by molar-refractivity contribution is 9.10. The minimum atomic E-state index is -0.0454. The molecule has 2 N–H and O–H groups in total. The number of nitrogens with one attached hydrogen (secondary N) is 2. The fourth-order valence-corrected chi connectivity index (χ4v) is 2.49. The molecule has 0 saturated carbocycles. The number of nitrogens with zero attached hydrogens (tertiary/aromatic N) is 1. The Bertz CT molecular complexity index is 451. The van der Waals surface area contributed by atoms with Crippen LogP contribution in [0, 0.1) is 5.92 Å². The van der Waals surface area contributed by atoms with Gasteiger partial charge in [-0.2, -0.15) is 0 Å². The number of hydrogen-bond acceptors (Lipinski definition) is 3. The van der Waals surface area contributed by atoms with Crippen LogP contribution < -0.4 is 15.5 Å². The summed E-state index contributed by atoms with van der Waals surface area (Å²) in [5, 5.41) is 6.04. The Hall–Kier alpha value is -1.07. The Labute approximate surface area is 130 Å². The van der Waals surface area contributed by atoms with E-state index in [0.29, 0.717) is 6.54 Å². The standard InChI is InChI=1S/C15H24BrN3O/c1-5-18-9-12-6-7-13(16)8-14(12)19(4)10-11(2)15(20)17-3/h6-8,11,18H,5,9-10H2,1-4H3,(H,17,20). The highest BCUT2D eigenvalue weighted by Crippen LogP contribution is 2.25. The number of rotatable bonds is 7. The summed E-state index contributed by atoms with van der Waals surface area (Å²) in [5.74, 6) is 0.0241. The van der Waals surface area contributed by atoms with Gasteiger partial charge in [0.1, 0.15) is 0 Å². The van der Waals surface area contributed by atoms with E-state index in [-0.39, 0.29) is 11.8 Å². The van der Waals surface area contributed by atoms with Crippen LogP contribution in [-0.2, 0) is 11.3 Å². The molecule has 1 aromatic carbocycles. The van der Waals surface area contributed by atoms with Crippen LogP contribution in [0.1, 0.15) is 19.4 Å². The van der Waals surface area contributed by atoms with Crippen LogP contribution in [0.25, 0.3) is 0 Å². The molecule has 0 aliphatic rings. The molecule has 5 heteroatoms. The summed E-state index contributed by atoms with van der Waals surface area (Å²) in [4.78, 5) is 13.8. The molecule has 0 saturated heterocycles. The lowest BCUT2D eigenvalue weighted by molar-refractivity contribution is -0.123. The zero-order valence-electron chi connectivity index (χ0n) is 12.7. The lowest BCUT2D eigenvalue weighted by Crippen LogP contribution is -2.34. The summed E-state index contributed by atoms with van der Waals surface area (Å²) < 4.78 is 1.05. The maximum atomic E-state index is 11.6. The molecule has 0 aliphatic heterocycles. The summed E-state index contributed by atoms with van der Waals surface area (Å²) in [6, 6.07) is 6.26. The van der Waals surface area contributed by atoms with E-state index in [1.54, 1.807) is 7.05 Å². The quantitative estimate of drug-likeness (QED) is 0.800. The van der Waals surface area contributed by atoms with Crippen molar-refractivity contribution in [3.63, 3.8) is 0 Å². The highest BCUT2D eigenvalue weighted by atomic mass is 79.9. The topological polar surface area (TPSA) is 44.4 Å². The molecule has 1 aromatic rings. The number of carbonyl (C=O) groups is 1. The molecule has 0 aromatic heterocycles. The summed E-state index contributed by atoms with van der Waals surface area (Å²) in [7, 11) is 3.70. The van der Waals surface area contributed by atoms with Crippen molar-refractivity contribution in [2.75, 3.05) is 32.1 Å². The van der Waals surface area contributed by atoms with Gasteiger partial charge in [0.2, 0.25) is 5.91 Å². The lowest BCUT2D eigenvalue weighted by atomic mass is 10.1. The van der Waals surface area contributed by atoms with Crippen LogP contribution in [0.2, 0.25) is 0 Å². The number of anilines is 1. The largest absolute Gasteiger partial charge is 0.374 e. The first-order chi connectivity index (χ1) is 9.49. The van der Waals surface area contributed by atoms with Crippen LogP contribution in [0.3, 0.4) is 0 Å². The van der Waals surface area contributed by atoms with E-state index in [0.717, 1.165) is 23.2 Å². The first-order valence-electron chi connectivity index (χ1n) is 6.91. The maximum absolute atomic E-state index is 11.6. The second kappa shape index (κ2) is 8.27. The molecule has 0 spiro atoms. The predicted octanol–water partition coefficient (Wildman–Crippen LogP) is 2.38. The summed E-state index contributed by atoms with van der Waals surface area (Å²) in [5.41, 5.74) is 2.39. The van der Waals surface area contributed by atoms with Crippen LogP contribution in [-0.4, -0.2) is 33.1 Å². The minimum Gasteiger partial charge on any atom is -0.374 e. The van der Waals surface area contributed by atoms with Gasteiger partial charge in [-0.15, -0.1) is 0 Å². The van der Waals surface area contributed by atoms with Crippen molar-refractivity contribution in [2.24, 2.45) is 5.92 Å². The molecule has 112 valence electrons. The first kappa shape index (κ1) is 17.0. The van der Waals surface area contributed by atoms with Crippen molar-refractivity contribution in [1.82, 2.24) is 10.6 Å². The molecule has 1 rings (SSSR count). The van der Waals surface area contributed by atoms with E-state index in [9.17, 15) is 4.79 Å². The molecule has 0 aliphatic carbocycles. The van der Waals surface area contributed by atoms with Gasteiger partial charge in [0.15, 0.2) is 0 Å². The molecule has 20 heavy (non-hydrogen) atoms. The summed E-state index contributed by atoms with van der Waals surface area (Å²) >= 11 is 3.52. The lowest BCUT2D eigenvalue weighted by Gasteiger charge is -2.25. The van der Waals surface area contributed by atoms with Gasteiger partial charge in [-0.25, -0.2) is 0 Å². The van der Waals surface area contributed by atoms with Gasteiger partial charge < -0.3 is 15.5 Å². The molecular weight excluding hydrogens is 318 g/mol. The van der Waals surface area contributed by atoms with Gasteiger partial charge in [-0.1, -0.05) is 35.8 Å². The maximum Gasteiger partial charge on any atom is 0.224 e. The van der Waals surface area contributed by atoms with Crippen molar-refractivity contribution in [3.05, 3.63) is 28.2 Å². The number of amides is 1. The zero-order valence-corrected chi connectivity index (χ0v) is 14.3. The van der Waals surface area contributed by atoms with Crippen LogP contribution in [0.15, 0.2) is 22.7 Å². The zero-order chi connectivity index (χ0) is 15.1. The van der Waals surface area contributed by atoms with E-state index < -0.39 is 0 Å². The number of hydrogen-bond donors (Lipinski definition) is 2. The smallest absolute Gasteiger partial charge is 0.224 e. The monoisotopic (exact) mass is 341 g/mol. The van der Waals surface area contributed by atoms with E-state index in [2.05, 4.69) is 50.5 Å². The SMILES string of the molecule is CCNCc1ccc(Br)cc1N(C)CC(C)C(=O)NC. The number of benzene rings is 1. The summed E-state index contributed by atoms with van der Waals surface area (Å²) in [6.45, 7) is 6.49. The highest BCUT2D eigenvalue weighted by Gasteiger charge is 2.16. The molecule has 1 atom stereocenters. The van der Waals surface area contributed by atoms with Crippen LogP contribution in [0.4, 0.5) is 5.69 Å². The molecule has 0 bridgehead atoms. The van der Waals surface area contributed by atoms with Crippen molar-refractivity contribution in [1.29, 1.82) is 0 Å². The van der Waals surface area contributed by atoms with Crippen LogP contribution >= 0.6 is 15.9 Å². The van der Waals surface area contributed by atoms with Gasteiger partial charge in [0, 0.05) is 37.3 Å². The Morgan fingerprint density at radius 3 is 2.75 bits per heavy atom. The van der Waals surface area contributed by atoms with Gasteiger partial charge in [0.05, 0.1) is 5.92 Å². The van der Waals surface area contributed by atoms with Crippen molar-refractivity contribution >= 4 is 27.5 Å². The van der Waals surface area contributed by atoms with Crippen molar-refractivity contribution in [3.8, 4) is 0 Å². The fraction of sp³-hybridized carbons (Fsp3) is 0.533. The third kappa shape index (κ3) is 4.80. The summed E-state index contributed by atoms with van der Waals surface area (Å²) in [6.07, 6.45) is 0. The van der Waals surface area contributed by atoms with E-state index in [1.807, 2.05) is 20.0 Å². The predicted molar refractivity (Wildman–Crippen MR) is 88.0 cm³/mol. The van der Waals surface area contributed by atoms with Gasteiger partial charge >= 0.3 is 0 Å². The first-order valence-corrected chi connectivity index (χ1v) is 7.70. The second-order valence-corrected chi connectivity index (χ2v) is 5.86. The third-order valence-electron chi connectivity index (χ3n) is 3.27. The Balaban J connectivity index is 2.86. The molecule has 0 fully saturated rings. The van der Waals surface area contributed by atoms with E-state index in [1.165, 1.54) is 5.56 Å². The normalized spacial score (nSPS) is 12.1.